The van der Waals surface area contributed by atoms with Crippen molar-refractivity contribution in [3.8, 4) is 0 Å². The molecule has 0 heterocycles. The zero-order valence-electron chi connectivity index (χ0n) is 12.8. The van der Waals surface area contributed by atoms with Crippen LogP contribution in [0.5, 0.6) is 0 Å². The minimum atomic E-state index is -0.515. The van der Waals surface area contributed by atoms with Gasteiger partial charge in [-0.15, -0.1) is 0 Å². The maximum Gasteiger partial charge on any atom is 0.254 e. The second kappa shape index (κ2) is 6.88. The third kappa shape index (κ3) is 3.63. The van der Waals surface area contributed by atoms with E-state index in [0.29, 0.717) is 11.1 Å². The third-order valence-corrected chi connectivity index (χ3v) is 4.24. The van der Waals surface area contributed by atoms with Crippen LogP contribution in [-0.2, 0) is 0 Å². The molecule has 0 aromatic heterocycles. The summed E-state index contributed by atoms with van der Waals surface area (Å²) in [6.45, 7) is 3.72. The minimum Gasteiger partial charge on any atom is -0.332 e. The molecule has 3 nitrogen and oxygen atoms in total. The van der Waals surface area contributed by atoms with Crippen molar-refractivity contribution in [2.45, 2.75) is 19.9 Å². The highest BCUT2D eigenvalue weighted by Crippen LogP contribution is 2.15. The Morgan fingerprint density at radius 1 is 0.955 bits per heavy atom. The van der Waals surface area contributed by atoms with Crippen molar-refractivity contribution >= 4 is 27.6 Å². The normalized spacial score (nSPS) is 11.8. The number of hydrogen-bond donors (Lipinski definition) is 0. The summed E-state index contributed by atoms with van der Waals surface area (Å²) < 4.78 is 0.912. The Morgan fingerprint density at radius 3 is 2.00 bits per heavy atom. The fraction of sp³-hybridized carbons (Fsp3) is 0.222. The third-order valence-electron chi connectivity index (χ3n) is 3.71. The summed E-state index contributed by atoms with van der Waals surface area (Å²) in [4.78, 5) is 26.4. The number of likely N-dealkylation sites (N-methyl/N-ethyl adjacent to an activating group) is 1. The van der Waals surface area contributed by atoms with Gasteiger partial charge in [-0.25, -0.2) is 0 Å². The van der Waals surface area contributed by atoms with Gasteiger partial charge in [-0.1, -0.05) is 45.8 Å². The molecule has 2 rings (SSSR count). The standard InChI is InChI=1S/C18H18BrNO2/c1-12-4-6-14(7-5-12)17(21)13(2)20(3)18(22)15-8-10-16(19)11-9-15/h4-11,13H,1-3H3. The van der Waals surface area contributed by atoms with Crippen LogP contribution in [0.2, 0.25) is 0 Å². The van der Waals surface area contributed by atoms with Gasteiger partial charge >= 0.3 is 0 Å². The molecule has 2 aromatic carbocycles. The number of carbonyl (C=O) groups excluding carboxylic acids is 2. The summed E-state index contributed by atoms with van der Waals surface area (Å²) in [7, 11) is 1.65. The van der Waals surface area contributed by atoms with Gasteiger partial charge in [0.05, 0.1) is 6.04 Å². The number of rotatable bonds is 4. The zero-order valence-corrected chi connectivity index (χ0v) is 14.4. The van der Waals surface area contributed by atoms with Crippen LogP contribution in [0, 0.1) is 6.92 Å². The van der Waals surface area contributed by atoms with Crippen LogP contribution in [0.3, 0.4) is 0 Å². The lowest BCUT2D eigenvalue weighted by Crippen LogP contribution is -2.40. The molecule has 0 aliphatic heterocycles. The number of aryl methyl sites for hydroxylation is 1. The van der Waals surface area contributed by atoms with Gasteiger partial charge in [0.2, 0.25) is 0 Å². The van der Waals surface area contributed by atoms with Crippen molar-refractivity contribution in [3.63, 3.8) is 0 Å². The van der Waals surface area contributed by atoms with E-state index in [1.54, 1.807) is 38.2 Å². The lowest BCUT2D eigenvalue weighted by Gasteiger charge is -2.24. The first-order valence-corrected chi connectivity index (χ1v) is 7.83. The second-order valence-electron chi connectivity index (χ2n) is 5.33. The van der Waals surface area contributed by atoms with E-state index < -0.39 is 6.04 Å². The molecule has 0 saturated heterocycles. The Morgan fingerprint density at radius 2 is 1.45 bits per heavy atom. The van der Waals surface area contributed by atoms with Crippen molar-refractivity contribution in [2.75, 3.05) is 7.05 Å². The molecule has 1 amide bonds. The van der Waals surface area contributed by atoms with Crippen LogP contribution in [0.1, 0.15) is 33.2 Å². The molecule has 4 heteroatoms. The van der Waals surface area contributed by atoms with Crippen LogP contribution < -0.4 is 0 Å². The number of halogens is 1. The highest BCUT2D eigenvalue weighted by Gasteiger charge is 2.24. The second-order valence-corrected chi connectivity index (χ2v) is 6.24. The summed E-state index contributed by atoms with van der Waals surface area (Å²) in [6.07, 6.45) is 0. The van der Waals surface area contributed by atoms with Crippen molar-refractivity contribution < 1.29 is 9.59 Å². The lowest BCUT2D eigenvalue weighted by molar-refractivity contribution is 0.0675. The number of hydrogen-bond acceptors (Lipinski definition) is 2. The van der Waals surface area contributed by atoms with E-state index in [-0.39, 0.29) is 11.7 Å². The summed E-state index contributed by atoms with van der Waals surface area (Å²) in [6, 6.07) is 14.0. The first-order chi connectivity index (χ1) is 10.4. The predicted molar refractivity (Wildman–Crippen MR) is 91.2 cm³/mol. The van der Waals surface area contributed by atoms with Gasteiger partial charge < -0.3 is 4.90 Å². The molecule has 0 fully saturated rings. The summed E-state index contributed by atoms with van der Waals surface area (Å²) in [5.41, 5.74) is 2.28. The van der Waals surface area contributed by atoms with Crippen LogP contribution in [0.4, 0.5) is 0 Å². The van der Waals surface area contributed by atoms with Gasteiger partial charge in [-0.05, 0) is 38.1 Å². The molecular weight excluding hydrogens is 342 g/mol. The molecule has 0 aliphatic rings. The van der Waals surface area contributed by atoms with E-state index in [1.165, 1.54) is 4.90 Å². The van der Waals surface area contributed by atoms with E-state index in [4.69, 9.17) is 0 Å². The van der Waals surface area contributed by atoms with Crippen molar-refractivity contribution in [1.29, 1.82) is 0 Å². The molecule has 1 unspecified atom stereocenters. The fourth-order valence-electron chi connectivity index (χ4n) is 2.11. The number of Topliss-reactive ketones (excluding diaryl/α,β-unsaturated/α-hetero) is 1. The Balaban J connectivity index is 2.15. The monoisotopic (exact) mass is 359 g/mol. The molecule has 0 bridgehead atoms. The van der Waals surface area contributed by atoms with Crippen molar-refractivity contribution in [3.05, 3.63) is 69.7 Å². The first kappa shape index (κ1) is 16.4. The summed E-state index contributed by atoms with van der Waals surface area (Å²) in [5, 5.41) is 0. The fourth-order valence-corrected chi connectivity index (χ4v) is 2.37. The van der Waals surface area contributed by atoms with Gasteiger partial charge in [0.1, 0.15) is 0 Å². The van der Waals surface area contributed by atoms with Crippen molar-refractivity contribution in [2.24, 2.45) is 0 Å². The molecule has 1 atom stereocenters. The molecule has 114 valence electrons. The molecular formula is C18H18BrNO2. The van der Waals surface area contributed by atoms with Gasteiger partial charge in [-0.2, -0.15) is 0 Å². The van der Waals surface area contributed by atoms with E-state index in [0.717, 1.165) is 10.0 Å². The number of benzene rings is 2. The van der Waals surface area contributed by atoms with Crippen LogP contribution in [-0.4, -0.2) is 29.7 Å². The molecule has 0 spiro atoms. The molecule has 22 heavy (non-hydrogen) atoms. The van der Waals surface area contributed by atoms with Crippen LogP contribution in [0.15, 0.2) is 53.0 Å². The lowest BCUT2D eigenvalue weighted by atomic mass is 10.0. The van der Waals surface area contributed by atoms with Gasteiger partial charge in [0, 0.05) is 22.6 Å². The van der Waals surface area contributed by atoms with E-state index in [2.05, 4.69) is 15.9 Å². The predicted octanol–water partition coefficient (Wildman–Crippen LogP) is 4.10. The van der Waals surface area contributed by atoms with E-state index >= 15 is 0 Å². The number of amides is 1. The highest BCUT2D eigenvalue weighted by atomic mass is 79.9. The number of carbonyl (C=O) groups is 2. The van der Waals surface area contributed by atoms with Gasteiger partial charge in [-0.3, -0.25) is 9.59 Å². The molecule has 0 N–H and O–H groups in total. The molecule has 2 aromatic rings. The first-order valence-electron chi connectivity index (χ1n) is 7.04. The highest BCUT2D eigenvalue weighted by molar-refractivity contribution is 9.10. The Hall–Kier alpha value is -1.94. The topological polar surface area (TPSA) is 37.4 Å². The molecule has 0 aliphatic carbocycles. The van der Waals surface area contributed by atoms with Crippen LogP contribution >= 0.6 is 15.9 Å². The van der Waals surface area contributed by atoms with Gasteiger partial charge in [0.25, 0.3) is 5.91 Å². The molecule has 0 radical (unpaired) electrons. The Kier molecular flexibility index (Phi) is 5.14. The quantitative estimate of drug-likeness (QED) is 0.770. The SMILES string of the molecule is Cc1ccc(C(=O)C(C)N(C)C(=O)c2ccc(Br)cc2)cc1. The maximum atomic E-state index is 12.5. The Labute approximate surface area is 139 Å². The van der Waals surface area contributed by atoms with Crippen LogP contribution in [0.25, 0.3) is 0 Å². The van der Waals surface area contributed by atoms with E-state index in [9.17, 15) is 9.59 Å². The summed E-state index contributed by atoms with van der Waals surface area (Å²) >= 11 is 3.34. The maximum absolute atomic E-state index is 12.5. The largest absolute Gasteiger partial charge is 0.332 e. The Bertz CT molecular complexity index is 616. The summed E-state index contributed by atoms with van der Waals surface area (Å²) in [5.74, 6) is -0.228. The minimum absolute atomic E-state index is 0.0621. The van der Waals surface area contributed by atoms with Crippen molar-refractivity contribution in [1.82, 2.24) is 4.90 Å². The van der Waals surface area contributed by atoms with Gasteiger partial charge in [0.15, 0.2) is 5.78 Å². The average Bonchev–Trinajstić information content (AvgIpc) is 2.53. The smallest absolute Gasteiger partial charge is 0.254 e. The number of ketones is 1. The average molecular weight is 360 g/mol. The molecule has 0 saturated carbocycles. The zero-order chi connectivity index (χ0) is 16.3. The number of nitrogens with zero attached hydrogens (tertiary/aromatic N) is 1. The van der Waals surface area contributed by atoms with E-state index in [1.807, 2.05) is 31.2 Å².